The molecule has 0 spiro atoms. The lowest BCUT2D eigenvalue weighted by Crippen LogP contribution is -2.27. The summed E-state index contributed by atoms with van der Waals surface area (Å²) >= 11 is 6.74. The Labute approximate surface area is 215 Å². The van der Waals surface area contributed by atoms with E-state index in [-0.39, 0.29) is 5.91 Å². The van der Waals surface area contributed by atoms with Crippen molar-refractivity contribution < 1.29 is 19.0 Å². The smallest absolute Gasteiger partial charge is 0.270 e. The number of rotatable bonds is 9. The molecule has 0 radical (unpaired) electrons. The maximum atomic E-state index is 13.0. The highest BCUT2D eigenvalue weighted by Gasteiger charge is 2.33. The van der Waals surface area contributed by atoms with Gasteiger partial charge in [0, 0.05) is 6.42 Å². The first-order chi connectivity index (χ1) is 17.0. The van der Waals surface area contributed by atoms with E-state index in [1.54, 1.807) is 12.0 Å². The molecule has 1 fully saturated rings. The fourth-order valence-electron chi connectivity index (χ4n) is 3.62. The molecule has 7 heteroatoms. The minimum Gasteiger partial charge on any atom is -0.493 e. The maximum absolute atomic E-state index is 13.0. The van der Waals surface area contributed by atoms with Crippen LogP contribution in [-0.2, 0) is 4.79 Å². The number of amides is 1. The Hall–Kier alpha value is -3.29. The van der Waals surface area contributed by atoms with Crippen molar-refractivity contribution in [2.75, 3.05) is 25.2 Å². The summed E-state index contributed by atoms with van der Waals surface area (Å²) in [5.74, 6) is 2.03. The van der Waals surface area contributed by atoms with Crippen LogP contribution in [0.2, 0.25) is 0 Å². The van der Waals surface area contributed by atoms with Gasteiger partial charge in [-0.2, -0.15) is 0 Å². The number of para-hydroxylation sites is 1. The molecule has 0 N–H and O–H groups in total. The van der Waals surface area contributed by atoms with Crippen LogP contribution in [0.5, 0.6) is 17.2 Å². The van der Waals surface area contributed by atoms with E-state index >= 15 is 0 Å². The van der Waals surface area contributed by atoms with E-state index < -0.39 is 0 Å². The summed E-state index contributed by atoms with van der Waals surface area (Å²) < 4.78 is 17.9. The monoisotopic (exact) mass is 505 g/mol. The van der Waals surface area contributed by atoms with Crippen LogP contribution in [0.1, 0.15) is 23.1 Å². The van der Waals surface area contributed by atoms with Gasteiger partial charge in [-0.15, -0.1) is 0 Å². The first-order valence-corrected chi connectivity index (χ1v) is 12.5. The van der Waals surface area contributed by atoms with Crippen LogP contribution < -0.4 is 19.1 Å². The van der Waals surface area contributed by atoms with Crippen LogP contribution in [0.4, 0.5) is 5.69 Å². The number of benzene rings is 3. The standard InChI is InChI=1S/C28H27NO4S2/c1-19-9-7-12-23(20(19)2)32-15-8-16-33-24-14-13-21(17-25(24)31-3)18-26-27(30)29(28(34)35-26)22-10-5-4-6-11-22/h4-7,9-14,17-18H,8,15-16H2,1-3H3. The van der Waals surface area contributed by atoms with E-state index in [2.05, 4.69) is 19.9 Å². The van der Waals surface area contributed by atoms with Crippen molar-refractivity contribution in [3.8, 4) is 17.2 Å². The zero-order chi connectivity index (χ0) is 24.8. The molecule has 3 aromatic rings. The topological polar surface area (TPSA) is 48.0 Å². The number of carbonyl (C=O) groups excluding carboxylic acids is 1. The van der Waals surface area contributed by atoms with Crippen LogP contribution in [0, 0.1) is 13.8 Å². The molecule has 0 saturated carbocycles. The summed E-state index contributed by atoms with van der Waals surface area (Å²) in [7, 11) is 1.60. The van der Waals surface area contributed by atoms with Crippen LogP contribution in [0.25, 0.3) is 6.08 Å². The molecular weight excluding hydrogens is 478 g/mol. The molecule has 5 nitrogen and oxygen atoms in total. The number of hydrogen-bond acceptors (Lipinski definition) is 6. The Balaban J connectivity index is 1.37. The van der Waals surface area contributed by atoms with Gasteiger partial charge >= 0.3 is 0 Å². The Morgan fingerprint density at radius 3 is 2.40 bits per heavy atom. The predicted octanol–water partition coefficient (Wildman–Crippen LogP) is 6.57. The van der Waals surface area contributed by atoms with E-state index in [1.165, 1.54) is 17.3 Å². The Morgan fingerprint density at radius 2 is 1.66 bits per heavy atom. The van der Waals surface area contributed by atoms with Gasteiger partial charge in [-0.3, -0.25) is 9.69 Å². The lowest BCUT2D eigenvalue weighted by atomic mass is 10.1. The average molecular weight is 506 g/mol. The largest absolute Gasteiger partial charge is 0.493 e. The van der Waals surface area contributed by atoms with Gasteiger partial charge in [0.25, 0.3) is 5.91 Å². The second-order valence-corrected chi connectivity index (χ2v) is 9.69. The summed E-state index contributed by atoms with van der Waals surface area (Å²) in [5.41, 5.74) is 3.97. The molecule has 3 aromatic carbocycles. The number of ether oxygens (including phenoxy) is 3. The van der Waals surface area contributed by atoms with Gasteiger partial charge in [-0.1, -0.05) is 60.4 Å². The lowest BCUT2D eigenvalue weighted by molar-refractivity contribution is -0.113. The molecule has 1 aliphatic heterocycles. The number of anilines is 1. The third-order valence-corrected chi connectivity index (χ3v) is 6.95. The molecule has 1 amide bonds. The molecule has 0 bridgehead atoms. The summed E-state index contributed by atoms with van der Waals surface area (Å²) in [6.07, 6.45) is 2.56. The Kier molecular flexibility index (Phi) is 8.10. The first kappa shape index (κ1) is 24.8. The number of nitrogens with zero attached hydrogens (tertiary/aromatic N) is 1. The molecule has 0 atom stereocenters. The molecule has 1 aliphatic rings. The number of carbonyl (C=O) groups is 1. The summed E-state index contributed by atoms with van der Waals surface area (Å²) in [6.45, 7) is 5.20. The number of hydrogen-bond donors (Lipinski definition) is 0. The van der Waals surface area contributed by atoms with Gasteiger partial charge in [0.2, 0.25) is 0 Å². The Bertz CT molecular complexity index is 1260. The van der Waals surface area contributed by atoms with Crippen LogP contribution in [0.15, 0.2) is 71.6 Å². The highest BCUT2D eigenvalue weighted by Crippen LogP contribution is 2.37. The zero-order valence-corrected chi connectivity index (χ0v) is 21.6. The van der Waals surface area contributed by atoms with Crippen molar-refractivity contribution in [3.05, 3.63) is 88.3 Å². The van der Waals surface area contributed by atoms with Crippen molar-refractivity contribution in [2.24, 2.45) is 0 Å². The minimum absolute atomic E-state index is 0.130. The zero-order valence-electron chi connectivity index (χ0n) is 19.9. The Morgan fingerprint density at radius 1 is 0.914 bits per heavy atom. The molecular formula is C28H27NO4S2. The van der Waals surface area contributed by atoms with Gasteiger partial charge in [0.05, 0.1) is 30.9 Å². The predicted molar refractivity (Wildman–Crippen MR) is 147 cm³/mol. The highest BCUT2D eigenvalue weighted by molar-refractivity contribution is 8.27. The van der Waals surface area contributed by atoms with Crippen LogP contribution >= 0.6 is 24.0 Å². The van der Waals surface area contributed by atoms with Gasteiger partial charge in [-0.05, 0) is 66.9 Å². The van der Waals surface area contributed by atoms with E-state index in [9.17, 15) is 4.79 Å². The van der Waals surface area contributed by atoms with Crippen molar-refractivity contribution >= 4 is 46.0 Å². The summed E-state index contributed by atoms with van der Waals surface area (Å²) in [4.78, 5) is 15.1. The van der Waals surface area contributed by atoms with E-state index in [1.807, 2.05) is 66.7 Å². The summed E-state index contributed by atoms with van der Waals surface area (Å²) in [5, 5.41) is 0. The van der Waals surface area contributed by atoms with Crippen molar-refractivity contribution in [3.63, 3.8) is 0 Å². The fraction of sp³-hybridized carbons (Fsp3) is 0.214. The van der Waals surface area contributed by atoms with Crippen LogP contribution in [0.3, 0.4) is 0 Å². The molecule has 1 heterocycles. The molecule has 0 aliphatic carbocycles. The molecule has 4 rings (SSSR count). The molecule has 1 saturated heterocycles. The SMILES string of the molecule is COc1cc(C=C2SC(=S)N(c3ccccc3)C2=O)ccc1OCCCOc1cccc(C)c1C. The van der Waals surface area contributed by atoms with Crippen molar-refractivity contribution in [2.45, 2.75) is 20.3 Å². The second kappa shape index (κ2) is 11.4. The third kappa shape index (κ3) is 5.86. The van der Waals surface area contributed by atoms with E-state index in [4.69, 9.17) is 26.4 Å². The van der Waals surface area contributed by atoms with Crippen LogP contribution in [-0.4, -0.2) is 30.6 Å². The van der Waals surface area contributed by atoms with Gasteiger partial charge in [-0.25, -0.2) is 0 Å². The number of thioether (sulfide) groups is 1. The number of methoxy groups -OCH3 is 1. The van der Waals surface area contributed by atoms with Crippen molar-refractivity contribution in [1.82, 2.24) is 0 Å². The average Bonchev–Trinajstić information content (AvgIpc) is 3.14. The number of thiocarbonyl (C=S) groups is 1. The normalized spacial score (nSPS) is 14.5. The fourth-order valence-corrected chi connectivity index (χ4v) is 4.91. The van der Waals surface area contributed by atoms with Crippen molar-refractivity contribution in [1.29, 1.82) is 0 Å². The third-order valence-electron chi connectivity index (χ3n) is 5.65. The molecule has 0 aromatic heterocycles. The van der Waals surface area contributed by atoms with Gasteiger partial charge in [0.15, 0.2) is 15.8 Å². The maximum Gasteiger partial charge on any atom is 0.270 e. The lowest BCUT2D eigenvalue weighted by Gasteiger charge is -2.14. The number of aryl methyl sites for hydroxylation is 1. The highest BCUT2D eigenvalue weighted by atomic mass is 32.2. The summed E-state index contributed by atoms with van der Waals surface area (Å²) in [6, 6.07) is 21.1. The molecule has 35 heavy (non-hydrogen) atoms. The van der Waals surface area contributed by atoms with E-state index in [0.29, 0.717) is 33.9 Å². The molecule has 0 unspecified atom stereocenters. The second-order valence-electron chi connectivity index (χ2n) is 8.01. The van der Waals surface area contributed by atoms with Gasteiger partial charge in [0.1, 0.15) is 5.75 Å². The quantitative estimate of drug-likeness (QED) is 0.186. The van der Waals surface area contributed by atoms with E-state index in [0.717, 1.165) is 29.0 Å². The minimum atomic E-state index is -0.130. The molecule has 180 valence electrons. The van der Waals surface area contributed by atoms with Gasteiger partial charge < -0.3 is 14.2 Å². The first-order valence-electron chi connectivity index (χ1n) is 11.3.